The summed E-state index contributed by atoms with van der Waals surface area (Å²) in [5.41, 5.74) is 5.02. The van der Waals surface area contributed by atoms with E-state index in [-0.39, 0.29) is 0 Å². The van der Waals surface area contributed by atoms with Gasteiger partial charge >= 0.3 is 0 Å². The summed E-state index contributed by atoms with van der Waals surface area (Å²) in [7, 11) is 0. The van der Waals surface area contributed by atoms with E-state index in [2.05, 4.69) is 64.2 Å². The molecule has 141 valence electrons. The Labute approximate surface area is 165 Å². The Morgan fingerprint density at radius 3 is 2.68 bits per heavy atom. The van der Waals surface area contributed by atoms with Crippen LogP contribution < -0.4 is 10.2 Å². The molecule has 1 unspecified atom stereocenters. The molecule has 1 saturated heterocycles. The molecule has 2 N–H and O–H groups in total. The Balaban J connectivity index is 1.22. The predicted octanol–water partition coefficient (Wildman–Crippen LogP) is 4.66. The van der Waals surface area contributed by atoms with Gasteiger partial charge < -0.3 is 15.3 Å². The van der Waals surface area contributed by atoms with Crippen LogP contribution in [0.3, 0.4) is 0 Å². The second-order valence-electron chi connectivity index (χ2n) is 8.19. The number of para-hydroxylation sites is 2. The molecule has 2 aliphatic heterocycles. The first kappa shape index (κ1) is 16.3. The molecule has 0 aromatic heterocycles. The second-order valence-corrected chi connectivity index (χ2v) is 8.19. The lowest BCUT2D eigenvalue weighted by atomic mass is 9.98. The number of anilines is 2. The van der Waals surface area contributed by atoms with Gasteiger partial charge in [0.1, 0.15) is 12.4 Å². The lowest BCUT2D eigenvalue weighted by molar-refractivity contribution is 0.154. The van der Waals surface area contributed by atoms with Crippen LogP contribution >= 0.6 is 0 Å². The molecule has 6 rings (SSSR count). The van der Waals surface area contributed by atoms with E-state index in [4.69, 9.17) is 0 Å². The van der Waals surface area contributed by atoms with E-state index in [1.807, 2.05) is 12.1 Å². The Bertz CT molecular complexity index is 1050. The van der Waals surface area contributed by atoms with Crippen LogP contribution in [0.1, 0.15) is 30.0 Å². The van der Waals surface area contributed by atoms with Gasteiger partial charge in [0.25, 0.3) is 0 Å². The minimum atomic E-state index is 0.390. The molecule has 2 heterocycles. The summed E-state index contributed by atoms with van der Waals surface area (Å²) in [4.78, 5) is 5.04. The molecule has 0 saturated carbocycles. The molecule has 4 heteroatoms. The van der Waals surface area contributed by atoms with E-state index in [0.29, 0.717) is 17.8 Å². The van der Waals surface area contributed by atoms with E-state index in [9.17, 15) is 5.11 Å². The van der Waals surface area contributed by atoms with Crippen LogP contribution in [0.5, 0.6) is 5.75 Å². The molecule has 3 aromatic rings. The van der Waals surface area contributed by atoms with Gasteiger partial charge in [-0.2, -0.15) is 0 Å². The summed E-state index contributed by atoms with van der Waals surface area (Å²) >= 11 is 0. The average Bonchev–Trinajstić information content (AvgIpc) is 3.34. The van der Waals surface area contributed by atoms with Crippen LogP contribution in [0.2, 0.25) is 0 Å². The van der Waals surface area contributed by atoms with Crippen molar-refractivity contribution in [2.45, 2.75) is 31.3 Å². The van der Waals surface area contributed by atoms with Crippen molar-refractivity contribution in [3.63, 3.8) is 0 Å². The number of phenols is 1. The molecular formula is C24H24N3O. The first-order valence-corrected chi connectivity index (χ1v) is 10.2. The average molecular weight is 370 g/mol. The number of likely N-dealkylation sites (tertiary alicyclic amines) is 1. The number of nitrogens with zero attached hydrogens (tertiary/aromatic N) is 2. The SMILES string of the molecule is Oc1ccc2cccc3c2c1CC3N1CCC(N2[CH]Nc3ccccc32)CC1. The van der Waals surface area contributed by atoms with Crippen LogP contribution in [0, 0.1) is 6.67 Å². The van der Waals surface area contributed by atoms with Crippen LogP contribution in [0.25, 0.3) is 10.8 Å². The molecule has 3 aromatic carbocycles. The van der Waals surface area contributed by atoms with E-state index in [1.165, 1.54) is 27.7 Å². The summed E-state index contributed by atoms with van der Waals surface area (Å²) in [5, 5.41) is 16.3. The van der Waals surface area contributed by atoms with Gasteiger partial charge in [0, 0.05) is 30.7 Å². The van der Waals surface area contributed by atoms with Gasteiger partial charge in [0.15, 0.2) is 0 Å². The first-order valence-electron chi connectivity index (χ1n) is 10.2. The maximum atomic E-state index is 10.4. The fourth-order valence-corrected chi connectivity index (χ4v) is 5.39. The zero-order valence-electron chi connectivity index (χ0n) is 15.8. The fraction of sp³-hybridized carbons (Fsp3) is 0.292. The van der Waals surface area contributed by atoms with Crippen molar-refractivity contribution in [1.82, 2.24) is 4.90 Å². The van der Waals surface area contributed by atoms with Crippen LogP contribution in [0.4, 0.5) is 11.4 Å². The molecule has 1 fully saturated rings. The van der Waals surface area contributed by atoms with Gasteiger partial charge in [0.05, 0.1) is 11.4 Å². The molecule has 3 aliphatic rings. The van der Waals surface area contributed by atoms with Gasteiger partial charge in [-0.25, -0.2) is 0 Å². The standard InChI is InChI=1S/C24H24N3O/c28-23-9-8-16-4-3-5-18-22(14-19(23)24(16)18)26-12-10-17(11-13-26)27-15-25-20-6-1-2-7-21(20)27/h1-9,15,17,22,25,28H,10-14H2. The highest BCUT2D eigenvalue weighted by Crippen LogP contribution is 2.45. The number of piperidine rings is 1. The number of fused-ring (bicyclic) bond motifs is 1. The van der Waals surface area contributed by atoms with E-state index in [0.717, 1.165) is 37.9 Å². The molecule has 1 atom stereocenters. The molecule has 0 spiro atoms. The topological polar surface area (TPSA) is 38.7 Å². The fourth-order valence-electron chi connectivity index (χ4n) is 5.39. The predicted molar refractivity (Wildman–Crippen MR) is 113 cm³/mol. The van der Waals surface area contributed by atoms with E-state index < -0.39 is 0 Å². The molecule has 1 radical (unpaired) electrons. The quantitative estimate of drug-likeness (QED) is 0.688. The lowest BCUT2D eigenvalue weighted by Crippen LogP contribution is -2.44. The highest BCUT2D eigenvalue weighted by Gasteiger charge is 2.35. The van der Waals surface area contributed by atoms with Crippen molar-refractivity contribution in [2.24, 2.45) is 0 Å². The van der Waals surface area contributed by atoms with Crippen LogP contribution in [-0.2, 0) is 6.42 Å². The molecular weight excluding hydrogens is 346 g/mol. The van der Waals surface area contributed by atoms with Crippen molar-refractivity contribution < 1.29 is 5.11 Å². The highest BCUT2D eigenvalue weighted by molar-refractivity contribution is 5.93. The summed E-state index contributed by atoms with van der Waals surface area (Å²) in [5.74, 6) is 0.451. The number of rotatable bonds is 2. The van der Waals surface area contributed by atoms with Crippen molar-refractivity contribution in [3.05, 3.63) is 72.4 Å². The number of aromatic hydroxyl groups is 1. The molecule has 0 bridgehead atoms. The number of hydrogen-bond donors (Lipinski definition) is 2. The monoisotopic (exact) mass is 370 g/mol. The Hall–Kier alpha value is -2.72. The van der Waals surface area contributed by atoms with Crippen molar-refractivity contribution >= 4 is 22.1 Å². The second kappa shape index (κ2) is 6.14. The van der Waals surface area contributed by atoms with Crippen molar-refractivity contribution in [3.8, 4) is 5.75 Å². The Kier molecular flexibility index (Phi) is 3.57. The largest absolute Gasteiger partial charge is 0.508 e. The number of phenolic OH excluding ortho intramolecular Hbond substituents is 1. The third kappa shape index (κ3) is 2.34. The molecule has 28 heavy (non-hydrogen) atoms. The van der Waals surface area contributed by atoms with Gasteiger partial charge in [-0.1, -0.05) is 36.4 Å². The molecule has 0 amide bonds. The van der Waals surface area contributed by atoms with Crippen molar-refractivity contribution in [1.29, 1.82) is 0 Å². The van der Waals surface area contributed by atoms with Gasteiger partial charge in [-0.05, 0) is 53.8 Å². The normalized spacial score (nSPS) is 21.9. The van der Waals surface area contributed by atoms with Gasteiger partial charge in [-0.3, -0.25) is 4.90 Å². The Morgan fingerprint density at radius 1 is 0.929 bits per heavy atom. The number of hydrogen-bond acceptors (Lipinski definition) is 4. The minimum Gasteiger partial charge on any atom is -0.508 e. The van der Waals surface area contributed by atoms with Crippen LogP contribution in [-0.4, -0.2) is 29.1 Å². The van der Waals surface area contributed by atoms with Gasteiger partial charge in [-0.15, -0.1) is 0 Å². The first-order chi connectivity index (χ1) is 13.8. The summed E-state index contributed by atoms with van der Waals surface area (Å²) in [6.07, 6.45) is 3.23. The summed E-state index contributed by atoms with van der Waals surface area (Å²) in [6, 6.07) is 19.9. The molecule has 4 nitrogen and oxygen atoms in total. The van der Waals surface area contributed by atoms with Crippen LogP contribution in [0.15, 0.2) is 54.6 Å². The Morgan fingerprint density at radius 2 is 1.79 bits per heavy atom. The highest BCUT2D eigenvalue weighted by atomic mass is 16.3. The number of nitrogens with one attached hydrogen (secondary N) is 1. The zero-order chi connectivity index (χ0) is 18.7. The zero-order valence-corrected chi connectivity index (χ0v) is 15.8. The van der Waals surface area contributed by atoms with E-state index in [1.54, 1.807) is 0 Å². The minimum absolute atomic E-state index is 0.390. The maximum Gasteiger partial charge on any atom is 0.139 e. The third-order valence-corrected chi connectivity index (χ3v) is 6.79. The third-order valence-electron chi connectivity index (χ3n) is 6.79. The van der Waals surface area contributed by atoms with Crippen molar-refractivity contribution in [2.75, 3.05) is 23.3 Å². The molecule has 1 aliphatic carbocycles. The number of benzene rings is 3. The smallest absolute Gasteiger partial charge is 0.139 e. The lowest BCUT2D eigenvalue weighted by Gasteiger charge is -2.40. The summed E-state index contributed by atoms with van der Waals surface area (Å²) in [6.45, 7) is 4.31. The summed E-state index contributed by atoms with van der Waals surface area (Å²) < 4.78 is 0. The van der Waals surface area contributed by atoms with Gasteiger partial charge in [0.2, 0.25) is 0 Å². The van der Waals surface area contributed by atoms with E-state index >= 15 is 0 Å². The maximum absolute atomic E-state index is 10.4.